The molecule has 0 aliphatic rings. The monoisotopic (exact) mass is 212 g/mol. The minimum Gasteiger partial charge on any atom is -0.281 e. The van der Waals surface area contributed by atoms with Gasteiger partial charge in [0, 0.05) is 10.7 Å². The van der Waals surface area contributed by atoms with Crippen LogP contribution in [0.15, 0.2) is 0 Å². The number of hydrogen-bond donors (Lipinski definition) is 0. The Kier molecular flexibility index (Phi) is 3.74. The van der Waals surface area contributed by atoms with Crippen LogP contribution in [0, 0.1) is 5.41 Å². The lowest BCUT2D eigenvalue weighted by molar-refractivity contribution is -0.119. The molecule has 0 atom stereocenters. The molecule has 0 saturated carbocycles. The summed E-state index contributed by atoms with van der Waals surface area (Å²) in [5, 5.41) is 0.556. The second-order valence-corrected chi connectivity index (χ2v) is 3.73. The molecule has 0 saturated heterocycles. The van der Waals surface area contributed by atoms with Gasteiger partial charge in [-0.25, -0.2) is 0 Å². The fraction of sp³-hybridized carbons (Fsp3) is 0.833. The Labute approximate surface area is 68.9 Å². The quantitative estimate of drug-likeness (QED) is 0.520. The van der Waals surface area contributed by atoms with Crippen molar-refractivity contribution in [2.24, 2.45) is 5.41 Å². The molecule has 54 valence electrons. The first-order valence-corrected chi connectivity index (χ1v) is 4.26. The molecule has 1 nitrogen and oxygen atoms in total. The van der Waals surface area contributed by atoms with E-state index < -0.39 is 0 Å². The molecule has 0 aromatic rings. The van der Waals surface area contributed by atoms with Crippen LogP contribution in [0.3, 0.4) is 0 Å². The molecule has 0 aromatic heterocycles. The number of carbonyl (C=O) groups excluding carboxylic acids is 1. The maximum absolute atomic E-state index is 10.6. The van der Waals surface area contributed by atoms with Gasteiger partial charge in [0.1, 0.15) is 0 Å². The van der Waals surface area contributed by atoms with Crippen molar-refractivity contribution in [2.75, 3.05) is 5.33 Å². The van der Waals surface area contributed by atoms with E-state index >= 15 is 0 Å². The summed E-state index contributed by atoms with van der Waals surface area (Å²) in [4.78, 5) is 10.6. The molecule has 0 unspecified atom stereocenters. The summed E-state index contributed by atoms with van der Waals surface area (Å²) < 4.78 is 0. The lowest BCUT2D eigenvalue weighted by Crippen LogP contribution is -2.19. The van der Waals surface area contributed by atoms with Crippen LogP contribution < -0.4 is 0 Å². The van der Waals surface area contributed by atoms with E-state index in [0.717, 1.165) is 11.8 Å². The molecule has 0 heterocycles. The first-order chi connectivity index (χ1) is 4.00. The summed E-state index contributed by atoms with van der Waals surface area (Å²) in [6.45, 7) is 3.67. The highest BCUT2D eigenvalue weighted by Gasteiger charge is 2.24. The summed E-state index contributed by atoms with van der Waals surface area (Å²) in [5.74, 6) is 0. The first kappa shape index (κ1) is 9.44. The van der Waals surface area contributed by atoms with Crippen LogP contribution in [0.1, 0.15) is 20.3 Å². The number of alkyl halides is 1. The van der Waals surface area contributed by atoms with Crippen molar-refractivity contribution in [1.29, 1.82) is 0 Å². The zero-order valence-corrected chi connectivity index (χ0v) is 7.92. The van der Waals surface area contributed by atoms with Crippen molar-refractivity contribution in [1.82, 2.24) is 0 Å². The number of rotatable bonds is 3. The largest absolute Gasteiger partial charge is 0.281 e. The lowest BCUT2D eigenvalue weighted by atomic mass is 9.92. The second-order valence-electron chi connectivity index (χ2n) is 2.60. The highest BCUT2D eigenvalue weighted by atomic mass is 79.9. The molecule has 0 rings (SSSR count). The summed E-state index contributed by atoms with van der Waals surface area (Å²) >= 11 is 8.53. The number of carbonyl (C=O) groups is 1. The van der Waals surface area contributed by atoms with Crippen LogP contribution in [0.5, 0.6) is 0 Å². The van der Waals surface area contributed by atoms with Crippen LogP contribution in [0.4, 0.5) is 0 Å². The summed E-state index contributed by atoms with van der Waals surface area (Å²) in [6, 6.07) is 0. The van der Waals surface area contributed by atoms with Crippen molar-refractivity contribution in [3.8, 4) is 0 Å². The first-order valence-electron chi connectivity index (χ1n) is 2.76. The van der Waals surface area contributed by atoms with Crippen molar-refractivity contribution in [2.45, 2.75) is 20.3 Å². The minimum atomic E-state index is -0.370. The zero-order chi connectivity index (χ0) is 7.49. The second kappa shape index (κ2) is 3.57. The van der Waals surface area contributed by atoms with E-state index in [2.05, 4.69) is 15.9 Å². The van der Waals surface area contributed by atoms with Crippen molar-refractivity contribution < 1.29 is 4.79 Å². The fourth-order valence-electron chi connectivity index (χ4n) is 0.335. The van der Waals surface area contributed by atoms with Crippen LogP contribution in [0.2, 0.25) is 0 Å². The third kappa shape index (κ3) is 3.21. The molecule has 0 aromatic carbocycles. The van der Waals surface area contributed by atoms with Gasteiger partial charge < -0.3 is 0 Å². The van der Waals surface area contributed by atoms with Gasteiger partial charge in [0.05, 0.1) is 0 Å². The fourth-order valence-corrected chi connectivity index (χ4v) is 1.42. The maximum Gasteiger partial charge on any atom is 0.227 e. The van der Waals surface area contributed by atoms with Crippen molar-refractivity contribution in [3.63, 3.8) is 0 Å². The molecule has 0 spiro atoms. The van der Waals surface area contributed by atoms with E-state index in [9.17, 15) is 4.79 Å². The molecule has 0 N–H and O–H groups in total. The van der Waals surface area contributed by atoms with Gasteiger partial charge in [0.25, 0.3) is 0 Å². The smallest absolute Gasteiger partial charge is 0.227 e. The van der Waals surface area contributed by atoms with Gasteiger partial charge in [-0.15, -0.1) is 0 Å². The average molecular weight is 214 g/mol. The minimum absolute atomic E-state index is 0.262. The van der Waals surface area contributed by atoms with Gasteiger partial charge in [-0.1, -0.05) is 29.8 Å². The number of hydrogen-bond acceptors (Lipinski definition) is 1. The molecule has 0 aliphatic heterocycles. The normalized spacial score (nSPS) is 11.6. The summed E-state index contributed by atoms with van der Waals surface area (Å²) in [5.41, 5.74) is -0.370. The Bertz CT molecular complexity index is 112. The topological polar surface area (TPSA) is 17.1 Å². The highest BCUT2D eigenvalue weighted by Crippen LogP contribution is 2.23. The van der Waals surface area contributed by atoms with E-state index in [1.54, 1.807) is 0 Å². The molecule has 0 fully saturated rings. The van der Waals surface area contributed by atoms with Gasteiger partial charge in [-0.3, -0.25) is 4.79 Å². The predicted molar refractivity (Wildman–Crippen MR) is 43.1 cm³/mol. The van der Waals surface area contributed by atoms with Crippen molar-refractivity contribution >= 4 is 32.8 Å². The molecule has 0 aliphatic carbocycles. The highest BCUT2D eigenvalue weighted by molar-refractivity contribution is 9.09. The molecular formula is C6H10BrClO. The zero-order valence-electron chi connectivity index (χ0n) is 5.58. The third-order valence-electron chi connectivity index (χ3n) is 1.25. The predicted octanol–water partition coefficient (Wildman–Crippen LogP) is 2.56. The Balaban J connectivity index is 3.85. The molecule has 0 radical (unpaired) electrons. The third-order valence-corrected chi connectivity index (χ3v) is 2.16. The van der Waals surface area contributed by atoms with Gasteiger partial charge in [0.15, 0.2) is 0 Å². The van der Waals surface area contributed by atoms with Crippen molar-refractivity contribution in [3.05, 3.63) is 0 Å². The molecule has 0 bridgehead atoms. The van der Waals surface area contributed by atoms with Crippen LogP contribution in [0.25, 0.3) is 0 Å². The van der Waals surface area contributed by atoms with Crippen LogP contribution in [-0.2, 0) is 4.79 Å². The summed E-state index contributed by atoms with van der Waals surface area (Å²) in [7, 11) is 0. The van der Waals surface area contributed by atoms with E-state index in [-0.39, 0.29) is 10.7 Å². The summed E-state index contributed by atoms with van der Waals surface area (Å²) in [6.07, 6.45) is 0.787. The Morgan fingerprint density at radius 2 is 2.11 bits per heavy atom. The molecule has 0 amide bonds. The standard InChI is InChI=1S/C6H10BrClO/c1-6(2,3-4-7)5(8)9/h3-4H2,1-2H3. The van der Waals surface area contributed by atoms with Gasteiger partial charge in [-0.2, -0.15) is 0 Å². The van der Waals surface area contributed by atoms with Gasteiger partial charge in [0.2, 0.25) is 5.24 Å². The SMILES string of the molecule is CC(C)(CCBr)C(=O)Cl. The van der Waals surface area contributed by atoms with E-state index in [1.165, 1.54) is 0 Å². The molecule has 9 heavy (non-hydrogen) atoms. The molecular weight excluding hydrogens is 203 g/mol. The van der Waals surface area contributed by atoms with E-state index in [1.807, 2.05) is 13.8 Å². The van der Waals surface area contributed by atoms with Gasteiger partial charge >= 0.3 is 0 Å². The Morgan fingerprint density at radius 3 is 2.22 bits per heavy atom. The average Bonchev–Trinajstić information content (AvgIpc) is 1.65. The van der Waals surface area contributed by atoms with Crippen LogP contribution >= 0.6 is 27.5 Å². The Morgan fingerprint density at radius 1 is 1.67 bits per heavy atom. The van der Waals surface area contributed by atoms with E-state index in [4.69, 9.17) is 11.6 Å². The Hall–Kier alpha value is 0.440. The maximum atomic E-state index is 10.6. The lowest BCUT2D eigenvalue weighted by Gasteiger charge is -2.16. The molecule has 3 heteroatoms. The van der Waals surface area contributed by atoms with Gasteiger partial charge in [-0.05, 0) is 18.0 Å². The van der Waals surface area contributed by atoms with Crippen LogP contribution in [-0.4, -0.2) is 10.6 Å². The van der Waals surface area contributed by atoms with E-state index in [0.29, 0.717) is 0 Å². The number of halogens is 2.